The Balaban J connectivity index is 0.00000220. The van der Waals surface area contributed by atoms with Gasteiger partial charge in [-0.15, -0.1) is 12.4 Å². The smallest absolute Gasteiger partial charge is 0.122 e. The highest BCUT2D eigenvalue weighted by Gasteiger charge is 2.01. The first kappa shape index (κ1) is 16.9. The van der Waals surface area contributed by atoms with Crippen molar-refractivity contribution in [3.63, 3.8) is 0 Å². The van der Waals surface area contributed by atoms with E-state index in [0.29, 0.717) is 12.2 Å². The highest BCUT2D eigenvalue weighted by molar-refractivity contribution is 5.94. The number of nitrogen functional groups attached to an aromatic ring is 1. The van der Waals surface area contributed by atoms with Gasteiger partial charge >= 0.3 is 0 Å². The Kier molecular flexibility index (Phi) is 6.06. The van der Waals surface area contributed by atoms with Crippen molar-refractivity contribution in [1.82, 2.24) is 0 Å². The molecule has 0 atom stereocenters. The molecule has 0 aliphatic heterocycles. The highest BCUT2D eigenvalue weighted by atomic mass is 35.5. The van der Waals surface area contributed by atoms with Gasteiger partial charge in [-0.05, 0) is 42.0 Å². The van der Waals surface area contributed by atoms with Crippen molar-refractivity contribution < 1.29 is 4.74 Å². The van der Waals surface area contributed by atoms with E-state index in [4.69, 9.17) is 15.9 Å². The zero-order valence-electron chi connectivity index (χ0n) is 12.2. The van der Waals surface area contributed by atoms with E-state index in [1.54, 1.807) is 12.1 Å². The Bertz CT molecular complexity index is 597. The maximum atomic E-state index is 7.34. The van der Waals surface area contributed by atoms with Crippen molar-refractivity contribution in [3.8, 4) is 5.75 Å². The third kappa shape index (κ3) is 4.68. The third-order valence-electron chi connectivity index (χ3n) is 3.00. The van der Waals surface area contributed by atoms with E-state index in [-0.39, 0.29) is 18.2 Å². The maximum absolute atomic E-state index is 7.34. The van der Waals surface area contributed by atoms with Crippen LogP contribution in [0.2, 0.25) is 0 Å². The van der Waals surface area contributed by atoms with Gasteiger partial charge in [-0.2, -0.15) is 0 Å². The van der Waals surface area contributed by atoms with Crippen LogP contribution in [0.5, 0.6) is 5.75 Å². The van der Waals surface area contributed by atoms with Gasteiger partial charge in [-0.1, -0.05) is 12.1 Å². The van der Waals surface area contributed by atoms with Gasteiger partial charge in [-0.3, -0.25) is 5.41 Å². The lowest BCUT2D eigenvalue weighted by Gasteiger charge is -2.14. The molecule has 0 amide bonds. The average molecular weight is 306 g/mol. The van der Waals surface area contributed by atoms with Gasteiger partial charge in [0.2, 0.25) is 0 Å². The molecular formula is C16H20ClN3O. The summed E-state index contributed by atoms with van der Waals surface area (Å²) in [5, 5.41) is 7.34. The zero-order chi connectivity index (χ0) is 14.5. The minimum absolute atomic E-state index is 0. The van der Waals surface area contributed by atoms with Gasteiger partial charge < -0.3 is 15.4 Å². The van der Waals surface area contributed by atoms with Crippen LogP contribution in [-0.4, -0.2) is 19.9 Å². The van der Waals surface area contributed by atoms with Crippen LogP contribution >= 0.6 is 12.4 Å². The first-order valence-corrected chi connectivity index (χ1v) is 6.40. The van der Waals surface area contributed by atoms with Crippen molar-refractivity contribution in [3.05, 3.63) is 59.7 Å². The van der Waals surface area contributed by atoms with Gasteiger partial charge in [0.25, 0.3) is 0 Å². The summed E-state index contributed by atoms with van der Waals surface area (Å²) < 4.78 is 5.73. The Morgan fingerprint density at radius 3 is 2.38 bits per heavy atom. The molecule has 0 aliphatic carbocycles. The lowest BCUT2D eigenvalue weighted by atomic mass is 10.2. The molecule has 0 spiro atoms. The van der Waals surface area contributed by atoms with Crippen LogP contribution in [0.3, 0.4) is 0 Å². The van der Waals surface area contributed by atoms with E-state index < -0.39 is 0 Å². The summed E-state index contributed by atoms with van der Waals surface area (Å²) in [7, 11) is 4.03. The quantitative estimate of drug-likeness (QED) is 0.659. The molecule has 0 bridgehead atoms. The maximum Gasteiger partial charge on any atom is 0.122 e. The number of nitrogens with zero attached hydrogens (tertiary/aromatic N) is 1. The summed E-state index contributed by atoms with van der Waals surface area (Å²) >= 11 is 0. The Morgan fingerprint density at radius 2 is 1.81 bits per heavy atom. The fourth-order valence-electron chi connectivity index (χ4n) is 1.82. The summed E-state index contributed by atoms with van der Waals surface area (Å²) in [6, 6.07) is 15.4. The Morgan fingerprint density at radius 1 is 1.14 bits per heavy atom. The molecule has 4 nitrogen and oxygen atoms in total. The van der Waals surface area contributed by atoms with Crippen LogP contribution in [0.4, 0.5) is 5.69 Å². The Labute approximate surface area is 131 Å². The van der Waals surface area contributed by atoms with Crippen LogP contribution in [0.15, 0.2) is 48.5 Å². The second-order valence-electron chi connectivity index (χ2n) is 4.79. The van der Waals surface area contributed by atoms with E-state index in [9.17, 15) is 0 Å². The fraction of sp³-hybridized carbons (Fsp3) is 0.188. The number of hydrogen-bond acceptors (Lipinski definition) is 3. The monoisotopic (exact) mass is 305 g/mol. The Hall–Kier alpha value is -2.20. The van der Waals surface area contributed by atoms with Crippen LogP contribution in [0.1, 0.15) is 11.1 Å². The number of halogens is 1. The normalized spacial score (nSPS) is 9.62. The predicted octanol–water partition coefficient (Wildman–Crippen LogP) is 3.04. The number of amidine groups is 1. The van der Waals surface area contributed by atoms with E-state index in [1.165, 1.54) is 0 Å². The lowest BCUT2D eigenvalue weighted by Crippen LogP contribution is -2.10. The molecule has 0 fully saturated rings. The van der Waals surface area contributed by atoms with Crippen LogP contribution in [0.25, 0.3) is 0 Å². The van der Waals surface area contributed by atoms with Crippen LogP contribution in [0, 0.1) is 5.41 Å². The largest absolute Gasteiger partial charge is 0.489 e. The van der Waals surface area contributed by atoms with Crippen molar-refractivity contribution >= 4 is 23.9 Å². The molecule has 2 rings (SSSR count). The zero-order valence-corrected chi connectivity index (χ0v) is 13.0. The molecule has 0 aromatic heterocycles. The number of anilines is 1. The van der Waals surface area contributed by atoms with Gasteiger partial charge in [-0.25, -0.2) is 0 Å². The van der Waals surface area contributed by atoms with Crippen molar-refractivity contribution in [2.24, 2.45) is 5.73 Å². The topological polar surface area (TPSA) is 62.3 Å². The van der Waals surface area contributed by atoms with Gasteiger partial charge in [0, 0.05) is 25.3 Å². The second kappa shape index (κ2) is 7.55. The van der Waals surface area contributed by atoms with E-state index >= 15 is 0 Å². The summed E-state index contributed by atoms with van der Waals surface area (Å²) in [6.45, 7) is 0.515. The second-order valence-corrected chi connectivity index (χ2v) is 4.79. The number of rotatable bonds is 5. The average Bonchev–Trinajstić information content (AvgIpc) is 2.46. The van der Waals surface area contributed by atoms with Crippen molar-refractivity contribution in [2.75, 3.05) is 19.0 Å². The summed E-state index contributed by atoms with van der Waals surface area (Å²) in [5.41, 5.74) is 8.38. The van der Waals surface area contributed by atoms with E-state index in [0.717, 1.165) is 17.0 Å². The molecule has 112 valence electrons. The predicted molar refractivity (Wildman–Crippen MR) is 89.8 cm³/mol. The molecule has 0 heterocycles. The SMILES string of the molecule is CN(C)c1cccc(COc2ccc(C(=N)N)cc2)c1.Cl. The highest BCUT2D eigenvalue weighted by Crippen LogP contribution is 2.17. The molecule has 0 unspecified atom stereocenters. The van der Waals surface area contributed by atoms with Crippen LogP contribution < -0.4 is 15.4 Å². The van der Waals surface area contributed by atoms with Gasteiger partial charge in [0.15, 0.2) is 0 Å². The molecule has 0 saturated heterocycles. The van der Waals surface area contributed by atoms with E-state index in [1.807, 2.05) is 38.4 Å². The molecule has 21 heavy (non-hydrogen) atoms. The number of hydrogen-bond donors (Lipinski definition) is 2. The standard InChI is InChI=1S/C16H19N3O.ClH/c1-19(2)14-5-3-4-12(10-14)11-20-15-8-6-13(7-9-15)16(17)18;/h3-10H,11H2,1-2H3,(H3,17,18);1H. The molecule has 0 aliphatic rings. The van der Waals surface area contributed by atoms with Gasteiger partial charge in [0.1, 0.15) is 18.2 Å². The minimum atomic E-state index is 0. The van der Waals surface area contributed by atoms with E-state index in [2.05, 4.69) is 17.0 Å². The van der Waals surface area contributed by atoms with Crippen molar-refractivity contribution in [2.45, 2.75) is 6.61 Å². The van der Waals surface area contributed by atoms with Crippen molar-refractivity contribution in [1.29, 1.82) is 5.41 Å². The third-order valence-corrected chi connectivity index (χ3v) is 3.00. The summed E-state index contributed by atoms with van der Waals surface area (Å²) in [6.07, 6.45) is 0. The lowest BCUT2D eigenvalue weighted by molar-refractivity contribution is 0.306. The number of nitrogens with two attached hydrogens (primary N) is 1. The molecule has 3 N–H and O–H groups in total. The number of nitrogens with one attached hydrogen (secondary N) is 1. The number of benzene rings is 2. The molecule has 0 saturated carbocycles. The first-order chi connectivity index (χ1) is 9.56. The molecule has 2 aromatic rings. The summed E-state index contributed by atoms with van der Waals surface area (Å²) in [5.74, 6) is 0.834. The molecule has 2 aromatic carbocycles. The summed E-state index contributed by atoms with van der Waals surface area (Å²) in [4.78, 5) is 2.06. The molecule has 5 heteroatoms. The van der Waals surface area contributed by atoms with Crippen LogP contribution in [-0.2, 0) is 6.61 Å². The molecular weight excluding hydrogens is 286 g/mol. The number of ether oxygens (including phenoxy) is 1. The fourth-order valence-corrected chi connectivity index (χ4v) is 1.82. The molecule has 0 radical (unpaired) electrons. The minimum Gasteiger partial charge on any atom is -0.489 e. The first-order valence-electron chi connectivity index (χ1n) is 6.40. The van der Waals surface area contributed by atoms with Gasteiger partial charge in [0.05, 0.1) is 0 Å².